The summed E-state index contributed by atoms with van der Waals surface area (Å²) in [6.45, 7) is 2.04. The smallest absolute Gasteiger partial charge is 0.224 e. The minimum atomic E-state index is 0.118. The predicted octanol–water partition coefficient (Wildman–Crippen LogP) is 1.81. The van der Waals surface area contributed by atoms with Crippen LogP contribution in [0.1, 0.15) is 12.0 Å². The molecule has 0 aliphatic carbocycles. The van der Waals surface area contributed by atoms with Gasteiger partial charge in [0.05, 0.1) is 6.42 Å². The van der Waals surface area contributed by atoms with Crippen LogP contribution in [-0.2, 0) is 11.2 Å². The molecule has 0 saturated carbocycles. The first-order valence-electron chi connectivity index (χ1n) is 5.86. The summed E-state index contributed by atoms with van der Waals surface area (Å²) in [5, 5.41) is 3.08. The number of nitrogens with one attached hydrogen (secondary N) is 1. The van der Waals surface area contributed by atoms with Gasteiger partial charge < -0.3 is 10.2 Å². The zero-order valence-corrected chi connectivity index (χ0v) is 11.5. The first-order valence-corrected chi connectivity index (χ1v) is 6.65. The van der Waals surface area contributed by atoms with E-state index in [1.54, 1.807) is 0 Å². The highest BCUT2D eigenvalue weighted by molar-refractivity contribution is 9.10. The number of amides is 1. The van der Waals surface area contributed by atoms with E-state index in [0.29, 0.717) is 12.5 Å². The van der Waals surface area contributed by atoms with Gasteiger partial charge in [-0.15, -0.1) is 0 Å². The van der Waals surface area contributed by atoms with Crippen LogP contribution in [0.2, 0.25) is 0 Å². The van der Waals surface area contributed by atoms with Crippen molar-refractivity contribution in [1.82, 2.24) is 10.2 Å². The lowest BCUT2D eigenvalue weighted by molar-refractivity contribution is -0.121. The molecule has 0 radical (unpaired) electrons. The monoisotopic (exact) mass is 296 g/mol. The van der Waals surface area contributed by atoms with Gasteiger partial charge in [0.2, 0.25) is 5.91 Å². The van der Waals surface area contributed by atoms with Crippen LogP contribution in [0.3, 0.4) is 0 Å². The Morgan fingerprint density at radius 2 is 2.18 bits per heavy atom. The summed E-state index contributed by atoms with van der Waals surface area (Å²) in [5.74, 6) is 0.118. The average Bonchev–Trinajstić information content (AvgIpc) is 2.67. The van der Waals surface area contributed by atoms with Gasteiger partial charge in [0.25, 0.3) is 0 Å². The molecule has 17 heavy (non-hydrogen) atoms. The number of hydrogen-bond donors (Lipinski definition) is 1. The molecule has 1 N–H and O–H groups in total. The van der Waals surface area contributed by atoms with Gasteiger partial charge in [-0.05, 0) is 37.7 Å². The summed E-state index contributed by atoms with van der Waals surface area (Å²) < 4.78 is 1.04. The molecule has 1 aromatic carbocycles. The van der Waals surface area contributed by atoms with Gasteiger partial charge in [-0.25, -0.2) is 0 Å². The van der Waals surface area contributed by atoms with E-state index in [1.807, 2.05) is 24.3 Å². The zero-order chi connectivity index (χ0) is 12.3. The molecule has 92 valence electrons. The molecule has 1 aromatic rings. The molecular formula is C13H17BrN2O. The molecule has 1 unspecified atom stereocenters. The number of benzene rings is 1. The van der Waals surface area contributed by atoms with E-state index in [4.69, 9.17) is 0 Å². The molecule has 1 aliphatic heterocycles. The SMILES string of the molecule is CN1CCC(NC(=O)Cc2ccc(Br)cc2)C1. The average molecular weight is 297 g/mol. The van der Waals surface area contributed by atoms with Crippen LogP contribution in [0.5, 0.6) is 0 Å². The van der Waals surface area contributed by atoms with Crippen molar-refractivity contribution < 1.29 is 4.79 Å². The van der Waals surface area contributed by atoms with Gasteiger partial charge in [-0.3, -0.25) is 4.79 Å². The highest BCUT2D eigenvalue weighted by atomic mass is 79.9. The Kier molecular flexibility index (Phi) is 4.18. The van der Waals surface area contributed by atoms with Crippen LogP contribution in [0.4, 0.5) is 0 Å². The lowest BCUT2D eigenvalue weighted by Crippen LogP contribution is -2.37. The van der Waals surface area contributed by atoms with E-state index in [0.717, 1.165) is 29.5 Å². The van der Waals surface area contributed by atoms with Crippen LogP contribution in [0.15, 0.2) is 28.7 Å². The summed E-state index contributed by atoms with van der Waals surface area (Å²) in [6.07, 6.45) is 1.52. The highest BCUT2D eigenvalue weighted by Gasteiger charge is 2.20. The number of likely N-dealkylation sites (N-methyl/N-ethyl adjacent to an activating group) is 1. The van der Waals surface area contributed by atoms with Crippen molar-refractivity contribution in [3.8, 4) is 0 Å². The molecule has 1 amide bonds. The van der Waals surface area contributed by atoms with Crippen LogP contribution in [0, 0.1) is 0 Å². The number of nitrogens with zero attached hydrogens (tertiary/aromatic N) is 1. The Morgan fingerprint density at radius 1 is 1.47 bits per heavy atom. The van der Waals surface area contributed by atoms with Gasteiger partial charge in [0.15, 0.2) is 0 Å². The summed E-state index contributed by atoms with van der Waals surface area (Å²) >= 11 is 3.38. The molecule has 0 spiro atoms. The molecule has 0 bridgehead atoms. The number of likely N-dealkylation sites (tertiary alicyclic amines) is 1. The molecule has 1 saturated heterocycles. The van der Waals surface area contributed by atoms with Crippen LogP contribution in [-0.4, -0.2) is 37.0 Å². The molecule has 1 aliphatic rings. The van der Waals surface area contributed by atoms with E-state index in [-0.39, 0.29) is 5.91 Å². The first kappa shape index (κ1) is 12.6. The summed E-state index contributed by atoms with van der Waals surface area (Å²) in [4.78, 5) is 14.1. The Morgan fingerprint density at radius 3 is 2.76 bits per heavy atom. The molecule has 1 fully saturated rings. The molecule has 0 aromatic heterocycles. The van der Waals surface area contributed by atoms with Crippen molar-refractivity contribution in [1.29, 1.82) is 0 Å². The Bertz CT molecular complexity index is 391. The van der Waals surface area contributed by atoms with E-state index >= 15 is 0 Å². The molecule has 2 rings (SSSR count). The van der Waals surface area contributed by atoms with Crippen molar-refractivity contribution in [3.63, 3.8) is 0 Å². The lowest BCUT2D eigenvalue weighted by atomic mass is 10.1. The fraction of sp³-hybridized carbons (Fsp3) is 0.462. The third-order valence-corrected chi connectivity index (χ3v) is 3.56. The maximum Gasteiger partial charge on any atom is 0.224 e. The summed E-state index contributed by atoms with van der Waals surface area (Å²) in [7, 11) is 2.08. The molecule has 1 atom stereocenters. The van der Waals surface area contributed by atoms with Crippen molar-refractivity contribution >= 4 is 21.8 Å². The van der Waals surface area contributed by atoms with Gasteiger partial charge in [0, 0.05) is 17.1 Å². The third-order valence-electron chi connectivity index (χ3n) is 3.03. The summed E-state index contributed by atoms with van der Waals surface area (Å²) in [5.41, 5.74) is 1.05. The van der Waals surface area contributed by atoms with Crippen LogP contribution < -0.4 is 5.32 Å². The predicted molar refractivity (Wildman–Crippen MR) is 71.9 cm³/mol. The second kappa shape index (κ2) is 5.65. The Labute approximate surface area is 110 Å². The quantitative estimate of drug-likeness (QED) is 0.923. The van der Waals surface area contributed by atoms with Gasteiger partial charge in [0.1, 0.15) is 0 Å². The lowest BCUT2D eigenvalue weighted by Gasteiger charge is -2.12. The number of halogens is 1. The normalized spacial score (nSPS) is 20.5. The van der Waals surface area contributed by atoms with Crippen molar-refractivity contribution in [3.05, 3.63) is 34.3 Å². The van der Waals surface area contributed by atoms with Crippen LogP contribution >= 0.6 is 15.9 Å². The topological polar surface area (TPSA) is 32.3 Å². The van der Waals surface area contributed by atoms with Crippen LogP contribution in [0.25, 0.3) is 0 Å². The fourth-order valence-electron chi connectivity index (χ4n) is 2.12. The van der Waals surface area contributed by atoms with Gasteiger partial charge in [-0.1, -0.05) is 28.1 Å². The molecule has 3 nitrogen and oxygen atoms in total. The molecule has 1 heterocycles. The second-order valence-corrected chi connectivity index (χ2v) is 5.53. The first-order chi connectivity index (χ1) is 8.13. The standard InChI is InChI=1S/C13H17BrN2O/c1-16-7-6-12(9-16)15-13(17)8-10-2-4-11(14)5-3-10/h2-5,12H,6-9H2,1H3,(H,15,17). The number of carbonyl (C=O) groups excluding carboxylic acids is 1. The third kappa shape index (κ3) is 3.82. The minimum absolute atomic E-state index is 0.118. The second-order valence-electron chi connectivity index (χ2n) is 4.62. The van der Waals surface area contributed by atoms with Crippen molar-refractivity contribution in [2.24, 2.45) is 0 Å². The van der Waals surface area contributed by atoms with E-state index in [2.05, 4.69) is 33.2 Å². The number of hydrogen-bond acceptors (Lipinski definition) is 2. The van der Waals surface area contributed by atoms with Crippen molar-refractivity contribution in [2.45, 2.75) is 18.9 Å². The Hall–Kier alpha value is -0.870. The fourth-order valence-corrected chi connectivity index (χ4v) is 2.38. The summed E-state index contributed by atoms with van der Waals surface area (Å²) in [6, 6.07) is 8.20. The molecule has 4 heteroatoms. The van der Waals surface area contributed by atoms with Crippen molar-refractivity contribution in [2.75, 3.05) is 20.1 Å². The van der Waals surface area contributed by atoms with Gasteiger partial charge in [-0.2, -0.15) is 0 Å². The highest BCUT2D eigenvalue weighted by Crippen LogP contribution is 2.11. The zero-order valence-electron chi connectivity index (χ0n) is 9.95. The number of carbonyl (C=O) groups is 1. The van der Waals surface area contributed by atoms with E-state index in [9.17, 15) is 4.79 Å². The maximum atomic E-state index is 11.8. The maximum absolute atomic E-state index is 11.8. The molecular weight excluding hydrogens is 280 g/mol. The number of rotatable bonds is 3. The minimum Gasteiger partial charge on any atom is -0.352 e. The Balaban J connectivity index is 1.83. The largest absolute Gasteiger partial charge is 0.352 e. The van der Waals surface area contributed by atoms with E-state index in [1.165, 1.54) is 0 Å². The van der Waals surface area contributed by atoms with E-state index < -0.39 is 0 Å². The van der Waals surface area contributed by atoms with Gasteiger partial charge >= 0.3 is 0 Å².